The summed E-state index contributed by atoms with van der Waals surface area (Å²) in [6.45, 7) is 2.45. The van der Waals surface area contributed by atoms with Gasteiger partial charge in [0, 0.05) is 10.6 Å². The van der Waals surface area contributed by atoms with Crippen LogP contribution in [-0.2, 0) is 6.54 Å². The molecule has 0 aliphatic rings. The second kappa shape index (κ2) is 8.44. The summed E-state index contributed by atoms with van der Waals surface area (Å²) < 4.78 is 18.3. The van der Waals surface area contributed by atoms with Crippen molar-refractivity contribution in [2.24, 2.45) is 0 Å². The van der Waals surface area contributed by atoms with E-state index in [9.17, 15) is 0 Å². The van der Waals surface area contributed by atoms with Crippen molar-refractivity contribution in [3.63, 3.8) is 0 Å². The Kier molecular flexibility index (Phi) is 5.35. The number of hydrogen-bond acceptors (Lipinski definition) is 8. The lowest BCUT2D eigenvalue weighted by Crippen LogP contribution is -2.04. The Morgan fingerprint density at radius 1 is 1.03 bits per heavy atom. The van der Waals surface area contributed by atoms with Gasteiger partial charge in [0.2, 0.25) is 11.7 Å². The molecule has 0 saturated heterocycles. The number of benzene rings is 1. The maximum Gasteiger partial charge on any atom is 0.240 e. The average Bonchev–Trinajstić information content (AvgIpc) is 3.57. The van der Waals surface area contributed by atoms with Crippen LogP contribution in [0.15, 0.2) is 79.6 Å². The second-order valence-corrected chi connectivity index (χ2v) is 8.42. The van der Waals surface area contributed by atoms with E-state index >= 15 is 0 Å². The zero-order valence-electron chi connectivity index (χ0n) is 16.3. The fraction of sp³-hybridized carbons (Fsp3) is 0.143. The number of rotatable bonds is 7. The van der Waals surface area contributed by atoms with Crippen molar-refractivity contribution in [3.05, 3.63) is 77.7 Å². The smallest absolute Gasteiger partial charge is 0.240 e. The van der Waals surface area contributed by atoms with Crippen molar-refractivity contribution >= 4 is 23.4 Å². The molecule has 4 aromatic heterocycles. The Balaban J connectivity index is 1.45. The van der Waals surface area contributed by atoms with Crippen LogP contribution < -0.4 is 0 Å². The molecule has 5 aromatic rings. The van der Waals surface area contributed by atoms with Crippen molar-refractivity contribution < 1.29 is 13.4 Å². The molecule has 0 radical (unpaired) electrons. The van der Waals surface area contributed by atoms with E-state index in [1.807, 2.05) is 47.9 Å². The van der Waals surface area contributed by atoms with Crippen molar-refractivity contribution in [2.45, 2.75) is 23.9 Å². The van der Waals surface area contributed by atoms with Gasteiger partial charge in [0.25, 0.3) is 0 Å². The van der Waals surface area contributed by atoms with Crippen LogP contribution in [0.25, 0.3) is 23.0 Å². The van der Waals surface area contributed by atoms with Gasteiger partial charge in [0.05, 0.1) is 24.3 Å². The number of nitrogens with zero attached hydrogens (tertiary/aromatic N) is 5. The molecule has 0 aliphatic carbocycles. The van der Waals surface area contributed by atoms with Gasteiger partial charge in [0.15, 0.2) is 16.7 Å². The number of halogens is 1. The molecule has 1 aromatic carbocycles. The molecule has 4 heterocycles. The van der Waals surface area contributed by atoms with Gasteiger partial charge in [0.1, 0.15) is 5.76 Å². The molecule has 0 spiro atoms. The summed E-state index contributed by atoms with van der Waals surface area (Å²) in [7, 11) is 0. The third-order valence-corrected chi connectivity index (χ3v) is 5.85. The van der Waals surface area contributed by atoms with E-state index in [-0.39, 0.29) is 5.25 Å². The summed E-state index contributed by atoms with van der Waals surface area (Å²) in [5.41, 5.74) is 0.904. The lowest BCUT2D eigenvalue weighted by molar-refractivity contribution is 0.379. The van der Waals surface area contributed by atoms with Crippen molar-refractivity contribution in [2.75, 3.05) is 0 Å². The van der Waals surface area contributed by atoms with Crippen LogP contribution in [0.5, 0.6) is 0 Å². The largest absolute Gasteiger partial charge is 0.467 e. The molecular formula is C21H16ClN5O3S. The van der Waals surface area contributed by atoms with Crippen molar-refractivity contribution in [1.82, 2.24) is 24.9 Å². The van der Waals surface area contributed by atoms with Gasteiger partial charge in [-0.25, -0.2) is 0 Å². The Hall–Kier alpha value is -3.30. The fourth-order valence-electron chi connectivity index (χ4n) is 3.00. The number of furan rings is 2. The molecule has 0 fully saturated rings. The van der Waals surface area contributed by atoms with Gasteiger partial charge in [-0.05, 0) is 55.5 Å². The monoisotopic (exact) mass is 453 g/mol. The zero-order valence-corrected chi connectivity index (χ0v) is 17.9. The maximum absolute atomic E-state index is 6.04. The highest BCUT2D eigenvalue weighted by atomic mass is 35.5. The lowest BCUT2D eigenvalue weighted by atomic mass is 10.2. The maximum atomic E-state index is 6.04. The minimum atomic E-state index is -0.158. The average molecular weight is 454 g/mol. The third kappa shape index (κ3) is 4.14. The van der Waals surface area contributed by atoms with Crippen molar-refractivity contribution in [1.29, 1.82) is 0 Å². The highest BCUT2D eigenvalue weighted by molar-refractivity contribution is 7.99. The van der Waals surface area contributed by atoms with E-state index < -0.39 is 0 Å². The molecule has 0 saturated carbocycles. The van der Waals surface area contributed by atoms with Gasteiger partial charge in [-0.15, -0.1) is 10.2 Å². The highest BCUT2D eigenvalue weighted by Gasteiger charge is 2.23. The van der Waals surface area contributed by atoms with Gasteiger partial charge in [-0.3, -0.25) is 4.57 Å². The summed E-state index contributed by atoms with van der Waals surface area (Å²) in [6, 6.07) is 14.8. The first kappa shape index (κ1) is 19.7. The Morgan fingerprint density at radius 2 is 1.84 bits per heavy atom. The summed E-state index contributed by atoms with van der Waals surface area (Å²) in [5, 5.41) is 14.0. The molecule has 0 unspecified atom stereocenters. The zero-order chi connectivity index (χ0) is 21.2. The quantitative estimate of drug-likeness (QED) is 0.288. The van der Waals surface area contributed by atoms with Crippen LogP contribution in [0.3, 0.4) is 0 Å². The Morgan fingerprint density at radius 3 is 2.58 bits per heavy atom. The molecule has 10 heteroatoms. The van der Waals surface area contributed by atoms with E-state index in [1.165, 1.54) is 11.8 Å². The van der Waals surface area contributed by atoms with Crippen LogP contribution in [0.1, 0.15) is 23.8 Å². The first-order valence-corrected chi connectivity index (χ1v) is 10.7. The first-order valence-electron chi connectivity index (χ1n) is 9.43. The normalized spacial score (nSPS) is 12.3. The highest BCUT2D eigenvalue weighted by Crippen LogP contribution is 2.36. The summed E-state index contributed by atoms with van der Waals surface area (Å²) in [4.78, 5) is 4.45. The molecule has 5 rings (SSSR count). The molecule has 1 atom stereocenters. The van der Waals surface area contributed by atoms with Crippen LogP contribution in [-0.4, -0.2) is 24.9 Å². The molecule has 0 N–H and O–H groups in total. The molecular weight excluding hydrogens is 438 g/mol. The molecule has 31 heavy (non-hydrogen) atoms. The van der Waals surface area contributed by atoms with E-state index in [0.29, 0.717) is 40.0 Å². The van der Waals surface area contributed by atoms with Crippen LogP contribution >= 0.6 is 23.4 Å². The predicted octanol–water partition coefficient (Wildman–Crippen LogP) is 5.74. The van der Waals surface area contributed by atoms with Gasteiger partial charge >= 0.3 is 0 Å². The molecule has 0 bridgehead atoms. The van der Waals surface area contributed by atoms with Crippen LogP contribution in [0, 0.1) is 0 Å². The molecule has 156 valence electrons. The van der Waals surface area contributed by atoms with E-state index in [1.54, 1.807) is 24.7 Å². The fourth-order valence-corrected chi connectivity index (χ4v) is 4.01. The molecule has 0 amide bonds. The van der Waals surface area contributed by atoms with Gasteiger partial charge in [-0.2, -0.15) is 4.98 Å². The van der Waals surface area contributed by atoms with E-state index in [0.717, 1.165) is 11.3 Å². The Bertz CT molecular complexity index is 1260. The summed E-state index contributed by atoms with van der Waals surface area (Å²) in [5.74, 6) is 2.94. The topological polar surface area (TPSA) is 95.9 Å². The number of aromatic nitrogens is 5. The van der Waals surface area contributed by atoms with Crippen molar-refractivity contribution in [3.8, 4) is 23.0 Å². The summed E-state index contributed by atoms with van der Waals surface area (Å²) in [6.07, 6.45) is 3.21. The van der Waals surface area contributed by atoms with Gasteiger partial charge < -0.3 is 13.4 Å². The second-order valence-electron chi connectivity index (χ2n) is 6.67. The summed E-state index contributed by atoms with van der Waals surface area (Å²) >= 11 is 7.51. The molecule has 8 nitrogen and oxygen atoms in total. The predicted molar refractivity (Wildman–Crippen MR) is 115 cm³/mol. The first-order chi connectivity index (χ1) is 15.2. The van der Waals surface area contributed by atoms with Gasteiger partial charge in [-0.1, -0.05) is 28.5 Å². The van der Waals surface area contributed by atoms with Crippen LogP contribution in [0.4, 0.5) is 0 Å². The Labute approximate surface area is 186 Å². The number of thioether (sulfide) groups is 1. The standard InChI is InChI=1S/C21H16ClN5O3S/c1-13(20-23-18(26-30-20)17-5-3-11-29-17)31-21-25-24-19(14-6-8-15(22)9-7-14)27(21)12-16-4-2-10-28-16/h2-11,13H,12H2,1H3/t13-/m0/s1. The molecule has 0 aliphatic heterocycles. The minimum absolute atomic E-state index is 0.158. The third-order valence-electron chi connectivity index (χ3n) is 4.53. The van der Waals surface area contributed by atoms with E-state index in [4.69, 9.17) is 25.0 Å². The minimum Gasteiger partial charge on any atom is -0.467 e. The SMILES string of the molecule is C[C@H](Sc1nnc(-c2ccc(Cl)cc2)n1Cc1ccco1)c1nc(-c2ccco2)no1. The van der Waals surface area contributed by atoms with E-state index in [2.05, 4.69) is 20.3 Å². The van der Waals surface area contributed by atoms with Crippen LogP contribution in [0.2, 0.25) is 5.02 Å². The number of hydrogen-bond donors (Lipinski definition) is 0. The lowest BCUT2D eigenvalue weighted by Gasteiger charge is -2.10.